The standard InChI is InChI=1S/C14H24N2/c1-6-7-16-13(14(3,4)5)12-8-11(2)9-15-10-12/h8-10,13,16H,6-7H2,1-5H3. The van der Waals surface area contributed by atoms with E-state index in [0.717, 1.165) is 13.0 Å². The van der Waals surface area contributed by atoms with E-state index in [9.17, 15) is 0 Å². The molecule has 0 amide bonds. The lowest BCUT2D eigenvalue weighted by Crippen LogP contribution is -2.33. The molecular weight excluding hydrogens is 196 g/mol. The fourth-order valence-corrected chi connectivity index (χ4v) is 1.95. The second-order valence-electron chi connectivity index (χ2n) is 5.55. The number of aryl methyl sites for hydroxylation is 1. The quantitative estimate of drug-likeness (QED) is 0.840. The lowest BCUT2D eigenvalue weighted by molar-refractivity contribution is 0.272. The average Bonchev–Trinajstić information content (AvgIpc) is 2.16. The number of aromatic nitrogens is 1. The molecule has 0 bridgehead atoms. The third-order valence-corrected chi connectivity index (χ3v) is 2.69. The Morgan fingerprint density at radius 2 is 2.00 bits per heavy atom. The van der Waals surface area contributed by atoms with Gasteiger partial charge in [0.2, 0.25) is 0 Å². The summed E-state index contributed by atoms with van der Waals surface area (Å²) in [6.45, 7) is 12.1. The van der Waals surface area contributed by atoms with Gasteiger partial charge in [0, 0.05) is 18.4 Å². The van der Waals surface area contributed by atoms with Crippen LogP contribution in [0.2, 0.25) is 0 Å². The zero-order valence-electron chi connectivity index (χ0n) is 11.2. The largest absolute Gasteiger partial charge is 0.309 e. The highest BCUT2D eigenvalue weighted by atomic mass is 14.9. The van der Waals surface area contributed by atoms with Gasteiger partial charge in [0.05, 0.1) is 0 Å². The van der Waals surface area contributed by atoms with Gasteiger partial charge in [-0.25, -0.2) is 0 Å². The SMILES string of the molecule is CCCNC(c1cncc(C)c1)C(C)(C)C. The van der Waals surface area contributed by atoms with Crippen molar-refractivity contribution in [2.45, 2.75) is 47.1 Å². The van der Waals surface area contributed by atoms with Crippen LogP contribution < -0.4 is 5.32 Å². The van der Waals surface area contributed by atoms with Crippen molar-refractivity contribution in [3.63, 3.8) is 0 Å². The first-order valence-electron chi connectivity index (χ1n) is 6.10. The average molecular weight is 220 g/mol. The normalized spacial score (nSPS) is 13.8. The maximum Gasteiger partial charge on any atom is 0.0384 e. The molecule has 1 rings (SSSR count). The summed E-state index contributed by atoms with van der Waals surface area (Å²) in [6.07, 6.45) is 5.04. The third-order valence-electron chi connectivity index (χ3n) is 2.69. The molecule has 1 unspecified atom stereocenters. The zero-order chi connectivity index (χ0) is 12.2. The molecule has 0 aliphatic rings. The summed E-state index contributed by atoms with van der Waals surface area (Å²) in [7, 11) is 0. The van der Waals surface area contributed by atoms with Crippen LogP contribution in [0, 0.1) is 12.3 Å². The molecule has 0 radical (unpaired) electrons. The number of hydrogen-bond acceptors (Lipinski definition) is 2. The Morgan fingerprint density at radius 3 is 2.50 bits per heavy atom. The number of rotatable bonds is 4. The molecule has 0 aliphatic heterocycles. The molecule has 1 aromatic rings. The van der Waals surface area contributed by atoms with Gasteiger partial charge in [0.1, 0.15) is 0 Å². The second kappa shape index (κ2) is 5.44. The van der Waals surface area contributed by atoms with Crippen molar-refractivity contribution in [1.29, 1.82) is 0 Å². The third kappa shape index (κ3) is 3.60. The first-order valence-corrected chi connectivity index (χ1v) is 6.10. The Balaban J connectivity index is 2.92. The van der Waals surface area contributed by atoms with E-state index in [0.29, 0.717) is 6.04 Å². The van der Waals surface area contributed by atoms with Crippen molar-refractivity contribution in [2.24, 2.45) is 5.41 Å². The molecule has 2 heteroatoms. The van der Waals surface area contributed by atoms with Crippen molar-refractivity contribution < 1.29 is 0 Å². The van der Waals surface area contributed by atoms with Crippen LogP contribution in [0.1, 0.15) is 51.3 Å². The molecule has 1 atom stereocenters. The van der Waals surface area contributed by atoms with Gasteiger partial charge >= 0.3 is 0 Å². The van der Waals surface area contributed by atoms with E-state index in [1.54, 1.807) is 0 Å². The molecule has 0 saturated carbocycles. The fraction of sp³-hybridized carbons (Fsp3) is 0.643. The van der Waals surface area contributed by atoms with Crippen molar-refractivity contribution in [3.8, 4) is 0 Å². The highest BCUT2D eigenvalue weighted by Crippen LogP contribution is 2.32. The van der Waals surface area contributed by atoms with Crippen LogP contribution in [0.3, 0.4) is 0 Å². The number of pyridine rings is 1. The van der Waals surface area contributed by atoms with Crippen LogP contribution in [0.15, 0.2) is 18.5 Å². The van der Waals surface area contributed by atoms with Gasteiger partial charge in [-0.1, -0.05) is 33.8 Å². The van der Waals surface area contributed by atoms with Crippen molar-refractivity contribution in [1.82, 2.24) is 10.3 Å². The molecule has 16 heavy (non-hydrogen) atoms. The Bertz CT molecular complexity index is 326. The van der Waals surface area contributed by atoms with Gasteiger partial charge in [-0.15, -0.1) is 0 Å². The maximum absolute atomic E-state index is 4.29. The summed E-state index contributed by atoms with van der Waals surface area (Å²) in [6, 6.07) is 2.60. The fourth-order valence-electron chi connectivity index (χ4n) is 1.95. The Morgan fingerprint density at radius 1 is 1.31 bits per heavy atom. The molecule has 2 nitrogen and oxygen atoms in total. The minimum Gasteiger partial charge on any atom is -0.309 e. The lowest BCUT2D eigenvalue weighted by atomic mass is 9.82. The van der Waals surface area contributed by atoms with Crippen LogP contribution in [0.25, 0.3) is 0 Å². The molecule has 1 N–H and O–H groups in total. The van der Waals surface area contributed by atoms with E-state index in [1.807, 2.05) is 12.4 Å². The summed E-state index contributed by atoms with van der Waals surface area (Å²) >= 11 is 0. The molecule has 0 aliphatic carbocycles. The number of hydrogen-bond donors (Lipinski definition) is 1. The second-order valence-corrected chi connectivity index (χ2v) is 5.55. The highest BCUT2D eigenvalue weighted by molar-refractivity contribution is 5.21. The van der Waals surface area contributed by atoms with E-state index in [-0.39, 0.29) is 5.41 Å². The van der Waals surface area contributed by atoms with Crippen LogP contribution in [0.4, 0.5) is 0 Å². The molecule has 1 heterocycles. The minimum atomic E-state index is 0.213. The highest BCUT2D eigenvalue weighted by Gasteiger charge is 2.25. The zero-order valence-corrected chi connectivity index (χ0v) is 11.2. The molecule has 0 saturated heterocycles. The van der Waals surface area contributed by atoms with Gasteiger partial charge in [-0.05, 0) is 36.4 Å². The molecule has 90 valence electrons. The van der Waals surface area contributed by atoms with Crippen LogP contribution >= 0.6 is 0 Å². The molecule has 0 spiro atoms. The van der Waals surface area contributed by atoms with Crippen LogP contribution in [-0.4, -0.2) is 11.5 Å². The topological polar surface area (TPSA) is 24.9 Å². The smallest absolute Gasteiger partial charge is 0.0384 e. The lowest BCUT2D eigenvalue weighted by Gasteiger charge is -2.32. The first-order chi connectivity index (χ1) is 7.45. The predicted molar refractivity (Wildman–Crippen MR) is 69.5 cm³/mol. The van der Waals surface area contributed by atoms with Gasteiger partial charge in [-0.3, -0.25) is 4.98 Å². The van der Waals surface area contributed by atoms with E-state index >= 15 is 0 Å². The summed E-state index contributed by atoms with van der Waals surface area (Å²) in [4.78, 5) is 4.29. The van der Waals surface area contributed by atoms with Crippen molar-refractivity contribution in [3.05, 3.63) is 29.6 Å². The molecular formula is C14H24N2. The molecule has 0 fully saturated rings. The van der Waals surface area contributed by atoms with Crippen molar-refractivity contribution in [2.75, 3.05) is 6.54 Å². The number of nitrogens with one attached hydrogen (secondary N) is 1. The molecule has 0 aromatic carbocycles. The Kier molecular flexibility index (Phi) is 4.48. The van der Waals surface area contributed by atoms with E-state index in [1.165, 1.54) is 11.1 Å². The Hall–Kier alpha value is -0.890. The molecule has 1 aromatic heterocycles. The Labute approximate surface area is 99.5 Å². The van der Waals surface area contributed by atoms with Crippen molar-refractivity contribution >= 4 is 0 Å². The van der Waals surface area contributed by atoms with E-state index < -0.39 is 0 Å². The van der Waals surface area contributed by atoms with Crippen LogP contribution in [0.5, 0.6) is 0 Å². The summed E-state index contributed by atoms with van der Waals surface area (Å²) in [5, 5.41) is 3.61. The predicted octanol–water partition coefficient (Wildman–Crippen LogP) is 3.48. The summed E-state index contributed by atoms with van der Waals surface area (Å²) < 4.78 is 0. The van der Waals surface area contributed by atoms with E-state index in [4.69, 9.17) is 0 Å². The van der Waals surface area contributed by atoms with E-state index in [2.05, 4.69) is 51.0 Å². The van der Waals surface area contributed by atoms with Crippen LogP contribution in [-0.2, 0) is 0 Å². The number of nitrogens with zero attached hydrogens (tertiary/aromatic N) is 1. The maximum atomic E-state index is 4.29. The summed E-state index contributed by atoms with van der Waals surface area (Å²) in [5.74, 6) is 0. The first kappa shape index (κ1) is 13.2. The minimum absolute atomic E-state index is 0.213. The van der Waals surface area contributed by atoms with Gasteiger partial charge < -0.3 is 5.32 Å². The van der Waals surface area contributed by atoms with Gasteiger partial charge in [-0.2, -0.15) is 0 Å². The summed E-state index contributed by atoms with van der Waals surface area (Å²) in [5.41, 5.74) is 2.73. The van der Waals surface area contributed by atoms with Gasteiger partial charge in [0.25, 0.3) is 0 Å². The monoisotopic (exact) mass is 220 g/mol. The van der Waals surface area contributed by atoms with Gasteiger partial charge in [0.15, 0.2) is 0 Å².